The number of rotatable bonds is 7. The standard InChI is InChI=1S/C16H19N3O2/c1-3-7-14(20-4-2)15-18-16(21-19-15)13-9-6-5-8-12(13)10-11-17/h5-6,8-9,14H,3-4,7,10H2,1-2H3. The second-order valence-corrected chi connectivity index (χ2v) is 4.68. The van der Waals surface area contributed by atoms with E-state index in [2.05, 4.69) is 23.1 Å². The number of benzene rings is 1. The van der Waals surface area contributed by atoms with Crippen molar-refractivity contribution in [3.05, 3.63) is 35.7 Å². The van der Waals surface area contributed by atoms with Crippen LogP contribution >= 0.6 is 0 Å². The van der Waals surface area contributed by atoms with Crippen LogP contribution in [0.25, 0.3) is 11.5 Å². The van der Waals surface area contributed by atoms with E-state index in [0.29, 0.717) is 24.7 Å². The third kappa shape index (κ3) is 3.67. The molecule has 0 fully saturated rings. The van der Waals surface area contributed by atoms with Crippen LogP contribution in [0.1, 0.15) is 44.2 Å². The Morgan fingerprint density at radius 2 is 2.14 bits per heavy atom. The number of aromatic nitrogens is 2. The first-order valence-electron chi connectivity index (χ1n) is 7.20. The fraction of sp³-hybridized carbons (Fsp3) is 0.438. The molecule has 1 heterocycles. The van der Waals surface area contributed by atoms with Gasteiger partial charge in [-0.3, -0.25) is 0 Å². The molecule has 0 bridgehead atoms. The summed E-state index contributed by atoms with van der Waals surface area (Å²) in [5.74, 6) is 1.01. The van der Waals surface area contributed by atoms with E-state index in [1.54, 1.807) is 0 Å². The maximum Gasteiger partial charge on any atom is 0.258 e. The van der Waals surface area contributed by atoms with E-state index in [1.165, 1.54) is 0 Å². The van der Waals surface area contributed by atoms with Gasteiger partial charge in [0.2, 0.25) is 5.82 Å². The van der Waals surface area contributed by atoms with Crippen LogP contribution in [0.3, 0.4) is 0 Å². The Hall–Kier alpha value is -2.19. The number of ether oxygens (including phenoxy) is 1. The van der Waals surface area contributed by atoms with Crippen molar-refractivity contribution in [2.75, 3.05) is 6.61 Å². The van der Waals surface area contributed by atoms with Crippen molar-refractivity contribution < 1.29 is 9.26 Å². The molecule has 5 heteroatoms. The zero-order valence-electron chi connectivity index (χ0n) is 12.4. The lowest BCUT2D eigenvalue weighted by atomic mass is 10.1. The Kier molecular flexibility index (Phi) is 5.47. The van der Waals surface area contributed by atoms with E-state index in [4.69, 9.17) is 14.5 Å². The van der Waals surface area contributed by atoms with Gasteiger partial charge in [-0.25, -0.2) is 0 Å². The molecule has 5 nitrogen and oxygen atoms in total. The molecule has 1 aromatic heterocycles. The minimum atomic E-state index is -0.138. The lowest BCUT2D eigenvalue weighted by Gasteiger charge is -2.11. The molecule has 0 N–H and O–H groups in total. The monoisotopic (exact) mass is 285 g/mol. The molecule has 0 radical (unpaired) electrons. The molecule has 21 heavy (non-hydrogen) atoms. The number of hydrogen-bond donors (Lipinski definition) is 0. The van der Waals surface area contributed by atoms with E-state index in [0.717, 1.165) is 24.0 Å². The zero-order valence-corrected chi connectivity index (χ0v) is 12.4. The molecule has 1 unspecified atom stereocenters. The molecule has 1 atom stereocenters. The Morgan fingerprint density at radius 3 is 2.86 bits per heavy atom. The van der Waals surface area contributed by atoms with Crippen molar-refractivity contribution in [3.63, 3.8) is 0 Å². The summed E-state index contributed by atoms with van der Waals surface area (Å²) >= 11 is 0. The van der Waals surface area contributed by atoms with Crippen molar-refractivity contribution >= 4 is 0 Å². The van der Waals surface area contributed by atoms with Crippen LogP contribution in [0.4, 0.5) is 0 Å². The lowest BCUT2D eigenvalue weighted by Crippen LogP contribution is -2.06. The van der Waals surface area contributed by atoms with Crippen molar-refractivity contribution in [2.45, 2.75) is 39.2 Å². The van der Waals surface area contributed by atoms with Crippen LogP contribution in [-0.2, 0) is 11.2 Å². The van der Waals surface area contributed by atoms with E-state index < -0.39 is 0 Å². The van der Waals surface area contributed by atoms with Gasteiger partial charge in [0.05, 0.1) is 12.5 Å². The van der Waals surface area contributed by atoms with E-state index in [-0.39, 0.29) is 6.10 Å². The van der Waals surface area contributed by atoms with Gasteiger partial charge in [0.25, 0.3) is 5.89 Å². The molecule has 0 aliphatic rings. The maximum atomic E-state index is 8.89. The SMILES string of the molecule is CCCC(OCC)c1noc(-c2ccccc2CC#N)n1. The number of nitrogens with zero attached hydrogens (tertiary/aromatic N) is 3. The normalized spacial score (nSPS) is 12.0. The minimum Gasteiger partial charge on any atom is -0.370 e. The van der Waals surface area contributed by atoms with Crippen molar-refractivity contribution in [1.82, 2.24) is 10.1 Å². The summed E-state index contributed by atoms with van der Waals surface area (Å²) in [4.78, 5) is 4.45. The third-order valence-electron chi connectivity index (χ3n) is 3.17. The highest BCUT2D eigenvalue weighted by Crippen LogP contribution is 2.26. The molecule has 0 saturated carbocycles. The van der Waals surface area contributed by atoms with Crippen LogP contribution in [0.2, 0.25) is 0 Å². The predicted molar refractivity (Wildman–Crippen MR) is 78.3 cm³/mol. The molecule has 0 aliphatic carbocycles. The van der Waals surface area contributed by atoms with Gasteiger partial charge in [-0.2, -0.15) is 10.2 Å². The van der Waals surface area contributed by atoms with Gasteiger partial charge < -0.3 is 9.26 Å². The highest BCUT2D eigenvalue weighted by Gasteiger charge is 2.19. The van der Waals surface area contributed by atoms with Gasteiger partial charge in [-0.1, -0.05) is 36.7 Å². The van der Waals surface area contributed by atoms with Gasteiger partial charge in [0, 0.05) is 12.2 Å². The summed E-state index contributed by atoms with van der Waals surface area (Å²) in [6, 6.07) is 9.73. The Bertz CT molecular complexity index is 610. The highest BCUT2D eigenvalue weighted by molar-refractivity contribution is 5.59. The second-order valence-electron chi connectivity index (χ2n) is 4.68. The van der Waals surface area contributed by atoms with Crippen molar-refractivity contribution in [1.29, 1.82) is 5.26 Å². The largest absolute Gasteiger partial charge is 0.370 e. The molecule has 2 aromatic rings. The van der Waals surface area contributed by atoms with Crippen LogP contribution < -0.4 is 0 Å². The van der Waals surface area contributed by atoms with Gasteiger partial charge in [0.15, 0.2) is 0 Å². The van der Waals surface area contributed by atoms with Gasteiger partial charge >= 0.3 is 0 Å². The fourth-order valence-corrected chi connectivity index (χ4v) is 2.19. The third-order valence-corrected chi connectivity index (χ3v) is 3.17. The van der Waals surface area contributed by atoms with Gasteiger partial charge in [-0.05, 0) is 25.0 Å². The molecule has 0 spiro atoms. The molecule has 0 amide bonds. The molecular formula is C16H19N3O2. The average molecular weight is 285 g/mol. The van der Waals surface area contributed by atoms with Crippen molar-refractivity contribution in [2.24, 2.45) is 0 Å². The average Bonchev–Trinajstić information content (AvgIpc) is 2.97. The number of nitriles is 1. The lowest BCUT2D eigenvalue weighted by molar-refractivity contribution is 0.0478. The molecular weight excluding hydrogens is 266 g/mol. The Labute approximate surface area is 124 Å². The second kappa shape index (κ2) is 7.55. The molecule has 0 saturated heterocycles. The van der Waals surface area contributed by atoms with Crippen LogP contribution in [0.5, 0.6) is 0 Å². The first kappa shape index (κ1) is 15.2. The highest BCUT2D eigenvalue weighted by atomic mass is 16.5. The summed E-state index contributed by atoms with van der Waals surface area (Å²) in [5.41, 5.74) is 1.70. The summed E-state index contributed by atoms with van der Waals surface area (Å²) < 4.78 is 11.0. The molecule has 0 aliphatic heterocycles. The van der Waals surface area contributed by atoms with Crippen LogP contribution in [-0.4, -0.2) is 16.7 Å². The minimum absolute atomic E-state index is 0.138. The molecule has 110 valence electrons. The topological polar surface area (TPSA) is 71.9 Å². The first-order valence-corrected chi connectivity index (χ1v) is 7.20. The summed E-state index contributed by atoms with van der Waals surface area (Å²) in [5, 5.41) is 12.9. The molecule has 1 aromatic carbocycles. The van der Waals surface area contributed by atoms with E-state index in [9.17, 15) is 0 Å². The zero-order chi connectivity index (χ0) is 15.1. The summed E-state index contributed by atoms with van der Waals surface area (Å²) in [6.07, 6.45) is 2.02. The van der Waals surface area contributed by atoms with Crippen molar-refractivity contribution in [3.8, 4) is 17.5 Å². The van der Waals surface area contributed by atoms with Crippen LogP contribution in [0.15, 0.2) is 28.8 Å². The Morgan fingerprint density at radius 1 is 1.33 bits per heavy atom. The van der Waals surface area contributed by atoms with E-state index in [1.807, 2.05) is 31.2 Å². The summed E-state index contributed by atoms with van der Waals surface area (Å²) in [6.45, 7) is 4.65. The number of hydrogen-bond acceptors (Lipinski definition) is 5. The smallest absolute Gasteiger partial charge is 0.258 e. The Balaban J connectivity index is 2.29. The van der Waals surface area contributed by atoms with Gasteiger partial charge in [0.1, 0.15) is 6.10 Å². The first-order chi connectivity index (χ1) is 10.3. The maximum absolute atomic E-state index is 8.89. The van der Waals surface area contributed by atoms with Crippen LogP contribution in [0, 0.1) is 11.3 Å². The summed E-state index contributed by atoms with van der Waals surface area (Å²) in [7, 11) is 0. The fourth-order valence-electron chi connectivity index (χ4n) is 2.19. The van der Waals surface area contributed by atoms with E-state index >= 15 is 0 Å². The van der Waals surface area contributed by atoms with Gasteiger partial charge in [-0.15, -0.1) is 0 Å². The predicted octanol–water partition coefficient (Wildman–Crippen LogP) is 3.68. The quantitative estimate of drug-likeness (QED) is 0.776. The molecule has 2 rings (SSSR count).